The number of ether oxygens (including phenoxy) is 2. The number of rotatable bonds is 7. The second kappa shape index (κ2) is 10.7. The Labute approximate surface area is 162 Å². The summed E-state index contributed by atoms with van der Waals surface area (Å²) in [5.41, 5.74) is 0.175. The van der Waals surface area contributed by atoms with Crippen LogP contribution in [-0.4, -0.2) is 17.5 Å². The maximum absolute atomic E-state index is 12.4. The van der Waals surface area contributed by atoms with E-state index in [1.807, 2.05) is 26.0 Å². The summed E-state index contributed by atoms with van der Waals surface area (Å²) in [6.45, 7) is 9.52. The first kappa shape index (κ1) is 23.8. The molecule has 0 aliphatic carbocycles. The van der Waals surface area contributed by atoms with Crippen LogP contribution in [0, 0.1) is 11.8 Å². The van der Waals surface area contributed by atoms with Crippen LogP contribution in [0.15, 0.2) is 24.3 Å². The summed E-state index contributed by atoms with van der Waals surface area (Å²) >= 11 is 6.06. The highest BCUT2D eigenvalue weighted by atomic mass is 35.5. The van der Waals surface area contributed by atoms with Gasteiger partial charge in [-0.15, -0.1) is 0 Å². The minimum absolute atomic E-state index is 0. The minimum Gasteiger partial charge on any atom is -0.461 e. The zero-order chi connectivity index (χ0) is 18.3. The van der Waals surface area contributed by atoms with Crippen LogP contribution in [0.3, 0.4) is 0 Å². The van der Waals surface area contributed by atoms with E-state index in [9.17, 15) is 9.59 Å². The Morgan fingerprint density at radius 3 is 2.28 bits per heavy atom. The molecule has 0 N–H and O–H groups in total. The first-order chi connectivity index (χ1) is 11.1. The first-order valence-electron chi connectivity index (χ1n) is 8.20. The van der Waals surface area contributed by atoms with Crippen molar-refractivity contribution in [3.63, 3.8) is 0 Å². The fourth-order valence-electron chi connectivity index (χ4n) is 2.30. The van der Waals surface area contributed by atoms with Crippen molar-refractivity contribution in [3.05, 3.63) is 34.9 Å². The molecule has 0 aliphatic rings. The molecule has 0 aliphatic heterocycles. The van der Waals surface area contributed by atoms with E-state index < -0.39 is 17.5 Å². The summed E-state index contributed by atoms with van der Waals surface area (Å²) in [7, 11) is 0. The quantitative estimate of drug-likeness (QED) is 0.624. The highest BCUT2D eigenvalue weighted by Gasteiger charge is 2.27. The van der Waals surface area contributed by atoms with Gasteiger partial charge in [-0.25, -0.2) is 0 Å². The van der Waals surface area contributed by atoms with Gasteiger partial charge in [0.2, 0.25) is 0 Å². The van der Waals surface area contributed by atoms with Gasteiger partial charge in [0.05, 0.1) is 12.3 Å². The minimum atomic E-state index is -0.569. The fraction of sp³-hybridized carbons (Fsp3) is 0.579. The number of hydrogen-bond acceptors (Lipinski definition) is 4. The van der Waals surface area contributed by atoms with Crippen molar-refractivity contribution in [3.8, 4) is 0 Å². The van der Waals surface area contributed by atoms with Gasteiger partial charge < -0.3 is 9.47 Å². The van der Waals surface area contributed by atoms with Crippen LogP contribution in [0.25, 0.3) is 0 Å². The standard InChI is InChI=1S/C19H27ClO4.H2S/c1-13(2)10-15(11-17(21)24-19(3,4)5)18(22)23-12-14-8-6-7-9-16(14)20;/h6-9,13,15H,10-12H2,1-5H3;1H2/t15-;/m1./s1. The Balaban J connectivity index is 0.00000576. The molecule has 1 aromatic carbocycles. The second-order valence-electron chi connectivity index (χ2n) is 7.32. The number of benzene rings is 1. The van der Waals surface area contributed by atoms with Crippen LogP contribution in [0.1, 0.15) is 53.0 Å². The van der Waals surface area contributed by atoms with Crippen LogP contribution in [0.2, 0.25) is 5.02 Å². The van der Waals surface area contributed by atoms with E-state index in [0.29, 0.717) is 11.4 Å². The number of carbonyl (C=O) groups is 2. The van der Waals surface area contributed by atoms with Crippen molar-refractivity contribution in [1.82, 2.24) is 0 Å². The van der Waals surface area contributed by atoms with Crippen molar-refractivity contribution in [2.45, 2.75) is 59.7 Å². The highest BCUT2D eigenvalue weighted by Crippen LogP contribution is 2.22. The van der Waals surface area contributed by atoms with E-state index in [0.717, 1.165) is 5.56 Å². The van der Waals surface area contributed by atoms with E-state index >= 15 is 0 Å². The molecule has 0 radical (unpaired) electrons. The Kier molecular flexibility index (Phi) is 10.2. The lowest BCUT2D eigenvalue weighted by Gasteiger charge is -2.22. The van der Waals surface area contributed by atoms with Gasteiger partial charge in [0.25, 0.3) is 0 Å². The normalized spacial score (nSPS) is 12.3. The topological polar surface area (TPSA) is 52.6 Å². The molecule has 1 rings (SSSR count). The van der Waals surface area contributed by atoms with Crippen molar-refractivity contribution in [2.24, 2.45) is 11.8 Å². The smallest absolute Gasteiger partial charge is 0.309 e. The van der Waals surface area contributed by atoms with E-state index in [-0.39, 0.29) is 38.4 Å². The SMILES string of the molecule is CC(C)C[C@H](CC(=O)OC(C)(C)C)C(=O)OCc1ccccc1Cl.S. The van der Waals surface area contributed by atoms with Gasteiger partial charge in [0, 0.05) is 10.6 Å². The summed E-state index contributed by atoms with van der Waals surface area (Å²) in [4.78, 5) is 24.4. The fourth-order valence-corrected chi connectivity index (χ4v) is 2.49. The average Bonchev–Trinajstić information content (AvgIpc) is 2.43. The molecule has 0 aromatic heterocycles. The van der Waals surface area contributed by atoms with Gasteiger partial charge >= 0.3 is 11.9 Å². The third kappa shape index (κ3) is 9.75. The number of hydrogen-bond donors (Lipinski definition) is 0. The largest absolute Gasteiger partial charge is 0.461 e. The van der Waals surface area contributed by atoms with Gasteiger partial charge in [-0.2, -0.15) is 13.5 Å². The lowest BCUT2D eigenvalue weighted by atomic mass is 9.94. The van der Waals surface area contributed by atoms with Crippen LogP contribution in [-0.2, 0) is 25.7 Å². The van der Waals surface area contributed by atoms with Crippen molar-refractivity contribution in [1.29, 1.82) is 0 Å². The highest BCUT2D eigenvalue weighted by molar-refractivity contribution is 7.59. The van der Waals surface area contributed by atoms with Crippen LogP contribution in [0.4, 0.5) is 0 Å². The Bertz CT molecular complexity index is 567. The van der Waals surface area contributed by atoms with E-state index in [4.69, 9.17) is 21.1 Å². The van der Waals surface area contributed by atoms with Gasteiger partial charge in [-0.1, -0.05) is 43.6 Å². The monoisotopic (exact) mass is 388 g/mol. The molecule has 1 atom stereocenters. The maximum atomic E-state index is 12.4. The molecular formula is C19H29ClO4S. The molecule has 0 saturated carbocycles. The second-order valence-corrected chi connectivity index (χ2v) is 7.72. The Morgan fingerprint density at radius 2 is 1.76 bits per heavy atom. The van der Waals surface area contributed by atoms with Gasteiger partial charge in [0.1, 0.15) is 12.2 Å². The third-order valence-corrected chi connectivity index (χ3v) is 3.62. The van der Waals surface area contributed by atoms with Crippen molar-refractivity contribution < 1.29 is 19.1 Å². The average molecular weight is 389 g/mol. The zero-order valence-corrected chi connectivity index (χ0v) is 17.4. The lowest BCUT2D eigenvalue weighted by Crippen LogP contribution is -2.28. The molecule has 142 valence electrons. The molecule has 6 heteroatoms. The van der Waals surface area contributed by atoms with Gasteiger partial charge in [-0.05, 0) is 39.2 Å². The van der Waals surface area contributed by atoms with Gasteiger partial charge in [-0.3, -0.25) is 9.59 Å². The molecule has 0 heterocycles. The van der Waals surface area contributed by atoms with Crippen LogP contribution in [0.5, 0.6) is 0 Å². The lowest BCUT2D eigenvalue weighted by molar-refractivity contribution is -0.162. The van der Waals surface area contributed by atoms with E-state index in [1.54, 1.807) is 32.9 Å². The Morgan fingerprint density at radius 1 is 1.16 bits per heavy atom. The molecule has 0 spiro atoms. The molecule has 0 bridgehead atoms. The third-order valence-electron chi connectivity index (χ3n) is 3.25. The molecule has 0 unspecified atom stereocenters. The summed E-state index contributed by atoms with van der Waals surface area (Å²) in [5, 5.41) is 0.554. The number of esters is 2. The maximum Gasteiger partial charge on any atom is 0.309 e. The summed E-state index contributed by atoms with van der Waals surface area (Å²) in [6.07, 6.45) is 0.595. The molecule has 0 saturated heterocycles. The van der Waals surface area contributed by atoms with E-state index in [2.05, 4.69) is 0 Å². The molecule has 25 heavy (non-hydrogen) atoms. The van der Waals surface area contributed by atoms with E-state index in [1.165, 1.54) is 0 Å². The number of halogens is 1. The molecule has 4 nitrogen and oxygen atoms in total. The first-order valence-corrected chi connectivity index (χ1v) is 8.58. The predicted molar refractivity (Wildman–Crippen MR) is 105 cm³/mol. The molecular weight excluding hydrogens is 360 g/mol. The molecule has 0 fully saturated rings. The number of carbonyl (C=O) groups excluding carboxylic acids is 2. The molecule has 0 amide bonds. The zero-order valence-electron chi connectivity index (χ0n) is 15.6. The summed E-state index contributed by atoms with van der Waals surface area (Å²) in [5.74, 6) is -1.02. The summed E-state index contributed by atoms with van der Waals surface area (Å²) < 4.78 is 10.7. The Hall–Kier alpha value is -1.20. The summed E-state index contributed by atoms with van der Waals surface area (Å²) in [6, 6.07) is 7.21. The van der Waals surface area contributed by atoms with Crippen molar-refractivity contribution in [2.75, 3.05) is 0 Å². The van der Waals surface area contributed by atoms with Crippen molar-refractivity contribution >= 4 is 37.0 Å². The van der Waals surface area contributed by atoms with Crippen LogP contribution >= 0.6 is 25.1 Å². The predicted octanol–water partition coefficient (Wildman–Crippen LogP) is 4.89. The van der Waals surface area contributed by atoms with Gasteiger partial charge in [0.15, 0.2) is 0 Å². The molecule has 1 aromatic rings. The van der Waals surface area contributed by atoms with Crippen LogP contribution < -0.4 is 0 Å².